The monoisotopic (exact) mass is 554 g/mol. The molecule has 4 rings (SSSR count). The fourth-order valence-electron chi connectivity index (χ4n) is 3.78. The van der Waals surface area contributed by atoms with Crippen molar-refractivity contribution in [2.45, 2.75) is 26.4 Å². The van der Waals surface area contributed by atoms with Gasteiger partial charge >= 0.3 is 0 Å². The van der Waals surface area contributed by atoms with Crippen molar-refractivity contribution < 1.29 is 19.3 Å². The number of nitrogens with zero attached hydrogens (tertiary/aromatic N) is 1. The van der Waals surface area contributed by atoms with Crippen LogP contribution in [-0.4, -0.2) is 11.7 Å². The number of allylic oxidation sites excluding steroid dienone is 1. The van der Waals surface area contributed by atoms with Gasteiger partial charge in [0.2, 0.25) is 5.88 Å². The van der Waals surface area contributed by atoms with E-state index in [0.717, 1.165) is 20.3 Å². The van der Waals surface area contributed by atoms with Gasteiger partial charge in [0.1, 0.15) is 29.7 Å². The number of nitrogens with two attached hydrogens (primary N) is 1. The molecule has 6 nitrogen and oxygen atoms in total. The zero-order valence-electron chi connectivity index (χ0n) is 18.3. The summed E-state index contributed by atoms with van der Waals surface area (Å²) in [5, 5.41) is 19.7. The molecule has 1 atom stereocenters. The van der Waals surface area contributed by atoms with Crippen LogP contribution in [0.4, 0.5) is 0 Å². The highest BCUT2D eigenvalue weighted by atomic mass is 127. The molecule has 0 bridgehead atoms. The van der Waals surface area contributed by atoms with Crippen LogP contribution in [0.25, 0.3) is 0 Å². The van der Waals surface area contributed by atoms with Gasteiger partial charge in [-0.15, -0.1) is 0 Å². The van der Waals surface area contributed by atoms with Gasteiger partial charge in [-0.2, -0.15) is 5.26 Å². The summed E-state index contributed by atoms with van der Waals surface area (Å²) in [5.74, 6) is 1.28. The van der Waals surface area contributed by atoms with Gasteiger partial charge in [-0.3, -0.25) is 0 Å². The largest absolute Gasteiger partial charge is 0.508 e. The van der Waals surface area contributed by atoms with Gasteiger partial charge in [-0.05, 0) is 65.8 Å². The second-order valence-corrected chi connectivity index (χ2v) is 8.85. The zero-order valence-corrected chi connectivity index (χ0v) is 20.4. The summed E-state index contributed by atoms with van der Waals surface area (Å²) in [5.41, 5.74) is 10.2. The van der Waals surface area contributed by atoms with E-state index < -0.39 is 5.92 Å². The summed E-state index contributed by atoms with van der Waals surface area (Å²) in [6.07, 6.45) is 0. The van der Waals surface area contributed by atoms with Crippen molar-refractivity contribution >= 4 is 22.6 Å². The van der Waals surface area contributed by atoms with E-state index in [-0.39, 0.29) is 11.6 Å². The van der Waals surface area contributed by atoms with Crippen LogP contribution in [0.2, 0.25) is 0 Å². The molecule has 0 aromatic heterocycles. The van der Waals surface area contributed by atoms with E-state index in [9.17, 15) is 10.4 Å². The first kappa shape index (κ1) is 22.8. The van der Waals surface area contributed by atoms with Gasteiger partial charge in [-0.25, -0.2) is 0 Å². The van der Waals surface area contributed by atoms with Crippen LogP contribution in [0, 0.1) is 21.8 Å². The molecule has 33 heavy (non-hydrogen) atoms. The highest BCUT2D eigenvalue weighted by Crippen LogP contribution is 2.46. The summed E-state index contributed by atoms with van der Waals surface area (Å²) in [6.45, 7) is 4.83. The number of phenols is 1. The van der Waals surface area contributed by atoms with Crippen molar-refractivity contribution in [3.05, 3.63) is 91.9 Å². The molecular weight excluding hydrogens is 531 g/mol. The Hall–Kier alpha value is -3.38. The zero-order chi connectivity index (χ0) is 23.5. The molecule has 0 aliphatic carbocycles. The SMILES string of the molecule is CCOc1cc([C@H]2C(C#N)=C(N)Oc3cc(O)ccc32)cc(I)c1OCc1ccc(C)cc1. The Morgan fingerprint density at radius 1 is 1.12 bits per heavy atom. The number of hydrogen-bond donors (Lipinski definition) is 2. The lowest BCUT2D eigenvalue weighted by Crippen LogP contribution is -2.21. The molecular formula is C26H23IN2O4. The highest BCUT2D eigenvalue weighted by molar-refractivity contribution is 14.1. The maximum Gasteiger partial charge on any atom is 0.205 e. The first-order valence-corrected chi connectivity index (χ1v) is 11.5. The van der Waals surface area contributed by atoms with Crippen molar-refractivity contribution in [2.24, 2.45) is 5.73 Å². The average molecular weight is 554 g/mol. The van der Waals surface area contributed by atoms with Gasteiger partial charge < -0.3 is 25.1 Å². The first-order valence-electron chi connectivity index (χ1n) is 10.5. The Balaban J connectivity index is 1.75. The van der Waals surface area contributed by atoms with E-state index in [1.54, 1.807) is 12.1 Å². The number of rotatable bonds is 6. The Kier molecular flexibility index (Phi) is 6.65. The molecule has 3 aromatic carbocycles. The molecule has 0 fully saturated rings. The smallest absolute Gasteiger partial charge is 0.205 e. The molecule has 0 saturated carbocycles. The minimum Gasteiger partial charge on any atom is -0.508 e. The van der Waals surface area contributed by atoms with Gasteiger partial charge in [0.15, 0.2) is 11.5 Å². The Morgan fingerprint density at radius 3 is 2.58 bits per heavy atom. The molecule has 0 unspecified atom stereocenters. The Labute approximate surface area is 206 Å². The van der Waals surface area contributed by atoms with Gasteiger partial charge in [0.05, 0.1) is 16.1 Å². The van der Waals surface area contributed by atoms with Crippen LogP contribution in [-0.2, 0) is 6.61 Å². The highest BCUT2D eigenvalue weighted by Gasteiger charge is 2.32. The Bertz CT molecular complexity index is 1260. The fraction of sp³-hybridized carbons (Fsp3) is 0.192. The molecule has 168 valence electrons. The van der Waals surface area contributed by atoms with Crippen molar-refractivity contribution in [1.82, 2.24) is 0 Å². The summed E-state index contributed by atoms with van der Waals surface area (Å²) in [4.78, 5) is 0. The van der Waals surface area contributed by atoms with Gasteiger partial charge in [-0.1, -0.05) is 35.9 Å². The standard InChI is InChI=1S/C26H23IN2O4/c1-3-31-23-11-17(10-21(27)25(23)32-14-16-6-4-15(2)5-7-16)24-19-9-8-18(30)12-22(19)33-26(29)20(24)13-28/h4-12,24,30H,3,14,29H2,1-2H3/t24-/m1/s1. The predicted molar refractivity (Wildman–Crippen MR) is 133 cm³/mol. The molecule has 0 amide bonds. The van der Waals surface area contributed by atoms with E-state index in [4.69, 9.17) is 19.9 Å². The third-order valence-corrected chi connectivity index (χ3v) is 6.17. The molecule has 7 heteroatoms. The minimum absolute atomic E-state index is 0.0215. The van der Waals surface area contributed by atoms with Crippen LogP contribution in [0.15, 0.2) is 66.1 Å². The molecule has 1 heterocycles. The molecule has 3 N–H and O–H groups in total. The second kappa shape index (κ2) is 9.63. The van der Waals surface area contributed by atoms with E-state index in [1.165, 1.54) is 11.6 Å². The molecule has 0 radical (unpaired) electrons. The topological polar surface area (TPSA) is 97.7 Å². The summed E-state index contributed by atoms with van der Waals surface area (Å²) < 4.78 is 18.5. The maximum absolute atomic E-state index is 9.88. The van der Waals surface area contributed by atoms with Gasteiger partial charge in [0, 0.05) is 11.6 Å². The lowest BCUT2D eigenvalue weighted by Gasteiger charge is -2.27. The van der Waals surface area contributed by atoms with Crippen molar-refractivity contribution in [3.8, 4) is 29.1 Å². The number of aryl methyl sites for hydroxylation is 1. The van der Waals surface area contributed by atoms with E-state index in [0.29, 0.717) is 36.0 Å². The Morgan fingerprint density at radius 2 is 1.88 bits per heavy atom. The van der Waals surface area contributed by atoms with Crippen molar-refractivity contribution in [1.29, 1.82) is 5.26 Å². The number of nitriles is 1. The molecule has 1 aliphatic heterocycles. The third-order valence-electron chi connectivity index (χ3n) is 5.37. The van der Waals surface area contributed by atoms with Crippen molar-refractivity contribution in [3.63, 3.8) is 0 Å². The van der Waals surface area contributed by atoms with Crippen LogP contribution in [0.5, 0.6) is 23.0 Å². The number of halogens is 1. The average Bonchev–Trinajstić information content (AvgIpc) is 2.78. The lowest BCUT2D eigenvalue weighted by atomic mass is 9.83. The van der Waals surface area contributed by atoms with E-state index in [2.05, 4.69) is 40.8 Å². The van der Waals surface area contributed by atoms with Gasteiger partial charge in [0.25, 0.3) is 0 Å². The van der Waals surface area contributed by atoms with Crippen LogP contribution in [0.1, 0.15) is 35.1 Å². The third kappa shape index (κ3) is 4.71. The first-order chi connectivity index (χ1) is 15.9. The predicted octanol–water partition coefficient (Wildman–Crippen LogP) is 5.50. The van der Waals surface area contributed by atoms with E-state index >= 15 is 0 Å². The number of phenolic OH excluding ortho intramolecular Hbond substituents is 1. The number of fused-ring (bicyclic) bond motifs is 1. The summed E-state index contributed by atoms with van der Waals surface area (Å²) in [6, 6.07) is 19.0. The molecule has 0 saturated heterocycles. The fourth-order valence-corrected chi connectivity index (χ4v) is 4.57. The van der Waals surface area contributed by atoms with E-state index in [1.807, 2.05) is 38.1 Å². The summed E-state index contributed by atoms with van der Waals surface area (Å²) in [7, 11) is 0. The maximum atomic E-state index is 9.88. The number of ether oxygens (including phenoxy) is 3. The second-order valence-electron chi connectivity index (χ2n) is 7.68. The normalized spacial score (nSPS) is 14.8. The lowest BCUT2D eigenvalue weighted by molar-refractivity contribution is 0.267. The minimum atomic E-state index is -0.460. The number of benzene rings is 3. The molecule has 1 aliphatic rings. The number of aromatic hydroxyl groups is 1. The van der Waals surface area contributed by atoms with Crippen LogP contribution in [0.3, 0.4) is 0 Å². The quantitative estimate of drug-likeness (QED) is 0.391. The molecule has 0 spiro atoms. The van der Waals surface area contributed by atoms with Crippen molar-refractivity contribution in [2.75, 3.05) is 6.61 Å². The van der Waals surface area contributed by atoms with Crippen LogP contribution >= 0.6 is 22.6 Å². The number of hydrogen-bond acceptors (Lipinski definition) is 6. The summed E-state index contributed by atoms with van der Waals surface area (Å²) >= 11 is 2.22. The van der Waals surface area contributed by atoms with Crippen LogP contribution < -0.4 is 19.9 Å². The molecule has 3 aromatic rings.